The number of aliphatic hydroxyl groups is 1. The lowest BCUT2D eigenvalue weighted by Gasteiger charge is -2.17. The van der Waals surface area contributed by atoms with Crippen LogP contribution in [0.5, 0.6) is 0 Å². The van der Waals surface area contributed by atoms with Gasteiger partial charge >= 0.3 is 0 Å². The van der Waals surface area contributed by atoms with Gasteiger partial charge < -0.3 is 9.84 Å². The molecule has 0 fully saturated rings. The van der Waals surface area contributed by atoms with Crippen molar-refractivity contribution >= 4 is 15.9 Å². The lowest BCUT2D eigenvalue weighted by Crippen LogP contribution is -2.18. The summed E-state index contributed by atoms with van der Waals surface area (Å²) in [5.41, 5.74) is 2.31. The van der Waals surface area contributed by atoms with Gasteiger partial charge in [0.1, 0.15) is 0 Å². The average molecular weight is 327 g/mol. The first-order chi connectivity index (χ1) is 9.11. The highest BCUT2D eigenvalue weighted by atomic mass is 79.9. The summed E-state index contributed by atoms with van der Waals surface area (Å²) < 4.78 is 5.53. The van der Waals surface area contributed by atoms with Crippen LogP contribution in [0.25, 0.3) is 0 Å². The summed E-state index contributed by atoms with van der Waals surface area (Å²) in [4.78, 5) is 0. The van der Waals surface area contributed by atoms with Gasteiger partial charge in [0.2, 0.25) is 0 Å². The minimum Gasteiger partial charge on any atom is -0.391 e. The highest BCUT2D eigenvalue weighted by Gasteiger charge is 2.11. The number of rotatable bonds is 9. The van der Waals surface area contributed by atoms with Gasteiger partial charge in [-0.3, -0.25) is 0 Å². The first kappa shape index (κ1) is 16.4. The van der Waals surface area contributed by atoms with Crippen molar-refractivity contribution in [3.63, 3.8) is 0 Å². The maximum absolute atomic E-state index is 9.92. The minimum absolute atomic E-state index is 0.389. The number of ether oxygens (including phenoxy) is 1. The molecule has 0 radical (unpaired) electrons. The van der Waals surface area contributed by atoms with Crippen LogP contribution in [0.1, 0.15) is 25.3 Å². The number of benzene rings is 1. The second-order valence-electron chi connectivity index (χ2n) is 5.08. The first-order valence-corrected chi connectivity index (χ1v) is 7.76. The van der Waals surface area contributed by atoms with E-state index in [-0.39, 0.29) is 0 Å². The molecule has 3 heteroatoms. The molecule has 1 aromatic carbocycles. The van der Waals surface area contributed by atoms with E-state index in [4.69, 9.17) is 4.74 Å². The Balaban J connectivity index is 2.17. The molecular formula is C16H23BrO2. The lowest BCUT2D eigenvalue weighted by molar-refractivity contribution is 0.0178. The molecule has 1 aromatic rings. The molecule has 0 heterocycles. The van der Waals surface area contributed by atoms with Gasteiger partial charge in [-0.25, -0.2) is 0 Å². The summed E-state index contributed by atoms with van der Waals surface area (Å²) in [5, 5.41) is 10.7. The van der Waals surface area contributed by atoms with Crippen LogP contribution >= 0.6 is 15.9 Å². The van der Waals surface area contributed by atoms with Crippen LogP contribution in [0.15, 0.2) is 42.5 Å². The van der Waals surface area contributed by atoms with E-state index in [1.807, 2.05) is 30.3 Å². The zero-order chi connectivity index (χ0) is 14.1. The summed E-state index contributed by atoms with van der Waals surface area (Å²) in [7, 11) is 0. The summed E-state index contributed by atoms with van der Waals surface area (Å²) in [6.07, 6.45) is 1.30. The third-order valence-corrected chi connectivity index (χ3v) is 3.72. The molecule has 0 saturated carbocycles. The SMILES string of the molecule is C=C(CBr)C[C@@H](C)C[C@H](O)COCc1ccccc1. The highest BCUT2D eigenvalue weighted by molar-refractivity contribution is 9.09. The second kappa shape index (κ2) is 9.29. The quantitative estimate of drug-likeness (QED) is 0.550. The Morgan fingerprint density at radius 2 is 2.05 bits per heavy atom. The fourth-order valence-corrected chi connectivity index (χ4v) is 2.28. The van der Waals surface area contributed by atoms with E-state index in [0.717, 1.165) is 23.7 Å². The smallest absolute Gasteiger partial charge is 0.0776 e. The Morgan fingerprint density at radius 3 is 2.68 bits per heavy atom. The molecule has 0 saturated heterocycles. The number of hydrogen-bond acceptors (Lipinski definition) is 2. The molecule has 0 spiro atoms. The zero-order valence-corrected chi connectivity index (χ0v) is 13.1. The number of allylic oxidation sites excluding steroid dienone is 1. The van der Waals surface area contributed by atoms with Gasteiger partial charge in [-0.05, 0) is 24.3 Å². The van der Waals surface area contributed by atoms with Crippen molar-refractivity contribution in [3.8, 4) is 0 Å². The third kappa shape index (κ3) is 7.51. The molecule has 0 amide bonds. The summed E-state index contributed by atoms with van der Waals surface area (Å²) in [6, 6.07) is 10.0. The van der Waals surface area contributed by atoms with Crippen molar-refractivity contribution in [3.05, 3.63) is 48.0 Å². The summed E-state index contributed by atoms with van der Waals surface area (Å²) >= 11 is 3.39. The van der Waals surface area contributed by atoms with E-state index in [1.165, 1.54) is 5.57 Å². The Morgan fingerprint density at radius 1 is 1.37 bits per heavy atom. The maximum atomic E-state index is 9.92. The number of alkyl halides is 1. The zero-order valence-electron chi connectivity index (χ0n) is 11.5. The normalized spacial score (nSPS) is 14.1. The standard InChI is InChI=1S/C16H23BrO2/c1-13(8-14(2)10-17)9-16(18)12-19-11-15-6-4-3-5-7-15/h3-7,13,16,18H,2,8-12H2,1H3/t13-,16+/m1/s1. The summed E-state index contributed by atoms with van der Waals surface area (Å²) in [6.45, 7) is 7.04. The van der Waals surface area contributed by atoms with Crippen molar-refractivity contribution in [1.82, 2.24) is 0 Å². The number of halogens is 1. The van der Waals surface area contributed by atoms with Crippen LogP contribution < -0.4 is 0 Å². The van der Waals surface area contributed by atoms with Crippen LogP contribution in [0.2, 0.25) is 0 Å². The van der Waals surface area contributed by atoms with E-state index < -0.39 is 6.10 Å². The molecule has 2 nitrogen and oxygen atoms in total. The van der Waals surface area contributed by atoms with E-state index in [1.54, 1.807) is 0 Å². The highest BCUT2D eigenvalue weighted by Crippen LogP contribution is 2.17. The maximum Gasteiger partial charge on any atom is 0.0776 e. The molecule has 0 aliphatic heterocycles. The first-order valence-electron chi connectivity index (χ1n) is 6.64. The van der Waals surface area contributed by atoms with Gasteiger partial charge in [-0.15, -0.1) is 0 Å². The van der Waals surface area contributed by atoms with Gasteiger partial charge in [-0.1, -0.05) is 65.3 Å². The van der Waals surface area contributed by atoms with Crippen molar-refractivity contribution in [2.45, 2.75) is 32.5 Å². The van der Waals surface area contributed by atoms with Crippen LogP contribution in [-0.2, 0) is 11.3 Å². The molecule has 0 aliphatic carbocycles. The molecule has 106 valence electrons. The van der Waals surface area contributed by atoms with Gasteiger partial charge in [0.05, 0.1) is 19.3 Å². The van der Waals surface area contributed by atoms with E-state index in [0.29, 0.717) is 19.1 Å². The fourth-order valence-electron chi connectivity index (χ4n) is 2.05. The topological polar surface area (TPSA) is 29.5 Å². The van der Waals surface area contributed by atoms with Crippen LogP contribution in [-0.4, -0.2) is 23.1 Å². The molecule has 0 aromatic heterocycles. The fraction of sp³-hybridized carbons (Fsp3) is 0.500. The molecule has 2 atom stereocenters. The minimum atomic E-state index is -0.401. The van der Waals surface area contributed by atoms with Crippen molar-refractivity contribution in [1.29, 1.82) is 0 Å². The van der Waals surface area contributed by atoms with Crippen molar-refractivity contribution in [2.75, 3.05) is 11.9 Å². The second-order valence-corrected chi connectivity index (χ2v) is 5.64. The largest absolute Gasteiger partial charge is 0.391 e. The number of aliphatic hydroxyl groups excluding tert-OH is 1. The van der Waals surface area contributed by atoms with E-state index in [9.17, 15) is 5.11 Å². The van der Waals surface area contributed by atoms with Crippen LogP contribution in [0.3, 0.4) is 0 Å². The molecule has 0 aliphatic rings. The van der Waals surface area contributed by atoms with Crippen LogP contribution in [0.4, 0.5) is 0 Å². The molecule has 19 heavy (non-hydrogen) atoms. The van der Waals surface area contributed by atoms with Gasteiger partial charge in [0, 0.05) is 5.33 Å². The van der Waals surface area contributed by atoms with Crippen LogP contribution in [0, 0.1) is 5.92 Å². The third-order valence-electron chi connectivity index (χ3n) is 2.92. The Bertz CT molecular complexity index is 364. The molecule has 1 N–H and O–H groups in total. The van der Waals surface area contributed by atoms with Crippen molar-refractivity contribution < 1.29 is 9.84 Å². The van der Waals surface area contributed by atoms with Gasteiger partial charge in [0.15, 0.2) is 0 Å². The number of hydrogen-bond donors (Lipinski definition) is 1. The van der Waals surface area contributed by atoms with Gasteiger partial charge in [-0.2, -0.15) is 0 Å². The van der Waals surface area contributed by atoms with E-state index in [2.05, 4.69) is 29.4 Å². The molecule has 1 rings (SSSR count). The monoisotopic (exact) mass is 326 g/mol. The summed E-state index contributed by atoms with van der Waals surface area (Å²) in [5.74, 6) is 0.431. The lowest BCUT2D eigenvalue weighted by atomic mass is 9.97. The Hall–Kier alpha value is -0.640. The van der Waals surface area contributed by atoms with E-state index >= 15 is 0 Å². The Labute approximate surface area is 124 Å². The molecular weight excluding hydrogens is 304 g/mol. The average Bonchev–Trinajstić information content (AvgIpc) is 2.39. The molecule has 0 bridgehead atoms. The molecule has 0 unspecified atom stereocenters. The predicted molar refractivity (Wildman–Crippen MR) is 83.4 cm³/mol. The predicted octanol–water partition coefficient (Wildman–Crippen LogP) is 3.93. The Kier molecular flexibility index (Phi) is 8.03. The van der Waals surface area contributed by atoms with Gasteiger partial charge in [0.25, 0.3) is 0 Å². The van der Waals surface area contributed by atoms with Crippen molar-refractivity contribution in [2.24, 2.45) is 5.92 Å².